The Kier molecular flexibility index (Phi) is 5.81. The van der Waals surface area contributed by atoms with Crippen molar-refractivity contribution in [2.75, 3.05) is 52.9 Å². The fourth-order valence-electron chi connectivity index (χ4n) is 3.13. The fourth-order valence-corrected chi connectivity index (χ4v) is 3.13. The van der Waals surface area contributed by atoms with Gasteiger partial charge in [-0.1, -0.05) is 13.8 Å². The van der Waals surface area contributed by atoms with Gasteiger partial charge in [0.15, 0.2) is 0 Å². The van der Waals surface area contributed by atoms with Crippen LogP contribution in [0.25, 0.3) is 0 Å². The first-order chi connectivity index (χ1) is 9.63. The van der Waals surface area contributed by atoms with Gasteiger partial charge in [-0.15, -0.1) is 0 Å². The minimum atomic E-state index is 0.313. The Morgan fingerprint density at radius 1 is 1.15 bits per heavy atom. The van der Waals surface area contributed by atoms with E-state index in [1.54, 1.807) is 0 Å². The molecule has 0 aromatic rings. The number of nitrogens with one attached hydrogen (secondary N) is 1. The minimum Gasteiger partial charge on any atom is -0.339 e. The molecule has 2 aliphatic heterocycles. The smallest absolute Gasteiger partial charge is 0.236 e. The summed E-state index contributed by atoms with van der Waals surface area (Å²) in [5.74, 6) is 0.313. The van der Waals surface area contributed by atoms with Gasteiger partial charge in [0.25, 0.3) is 0 Å². The Morgan fingerprint density at radius 2 is 1.85 bits per heavy atom. The van der Waals surface area contributed by atoms with E-state index in [1.807, 2.05) is 4.90 Å². The van der Waals surface area contributed by atoms with Gasteiger partial charge in [0.2, 0.25) is 5.91 Å². The molecule has 0 saturated carbocycles. The number of nitrogens with zero attached hydrogens (tertiary/aromatic N) is 3. The number of piperazine rings is 2. The highest BCUT2D eigenvalue weighted by Crippen LogP contribution is 2.13. The van der Waals surface area contributed by atoms with Crippen LogP contribution in [0.15, 0.2) is 0 Å². The SMILES string of the molecule is CCC1CN(CC(=O)N2CCN(C)CC2)C(CC)CN1. The lowest BCUT2D eigenvalue weighted by atomic mass is 10.1. The largest absolute Gasteiger partial charge is 0.339 e. The van der Waals surface area contributed by atoms with Crippen molar-refractivity contribution >= 4 is 5.91 Å². The highest BCUT2D eigenvalue weighted by molar-refractivity contribution is 5.78. The monoisotopic (exact) mass is 282 g/mol. The molecular weight excluding hydrogens is 252 g/mol. The Morgan fingerprint density at radius 3 is 2.45 bits per heavy atom. The molecular formula is C15H30N4O. The Balaban J connectivity index is 1.87. The minimum absolute atomic E-state index is 0.313. The highest BCUT2D eigenvalue weighted by atomic mass is 16.2. The molecule has 0 bridgehead atoms. The van der Waals surface area contributed by atoms with Gasteiger partial charge in [-0.25, -0.2) is 0 Å². The third-order valence-electron chi connectivity index (χ3n) is 4.77. The van der Waals surface area contributed by atoms with Crippen LogP contribution in [0.3, 0.4) is 0 Å². The van der Waals surface area contributed by atoms with Crippen LogP contribution in [0, 0.1) is 0 Å². The molecule has 2 fully saturated rings. The standard InChI is InChI=1S/C15H30N4O/c1-4-13-11-19(14(5-2)10-16-13)12-15(20)18-8-6-17(3)7-9-18/h13-14,16H,4-12H2,1-3H3. The summed E-state index contributed by atoms with van der Waals surface area (Å²) in [5, 5.41) is 3.59. The second kappa shape index (κ2) is 7.38. The molecule has 0 aliphatic carbocycles. The van der Waals surface area contributed by atoms with Gasteiger partial charge in [0, 0.05) is 51.4 Å². The van der Waals surface area contributed by atoms with Crippen LogP contribution in [0.4, 0.5) is 0 Å². The number of carbonyl (C=O) groups excluding carboxylic acids is 1. The van der Waals surface area contributed by atoms with Crippen LogP contribution in [0.2, 0.25) is 0 Å². The third kappa shape index (κ3) is 3.93. The van der Waals surface area contributed by atoms with Crippen molar-refractivity contribution in [2.24, 2.45) is 0 Å². The zero-order valence-electron chi connectivity index (χ0n) is 13.3. The van der Waals surface area contributed by atoms with E-state index in [0.29, 0.717) is 24.5 Å². The molecule has 0 aromatic carbocycles. The first kappa shape index (κ1) is 15.7. The maximum Gasteiger partial charge on any atom is 0.236 e. The molecule has 0 spiro atoms. The van der Waals surface area contributed by atoms with Gasteiger partial charge < -0.3 is 15.1 Å². The molecule has 1 N–H and O–H groups in total. The van der Waals surface area contributed by atoms with Crippen LogP contribution in [0.5, 0.6) is 0 Å². The lowest BCUT2D eigenvalue weighted by molar-refractivity contribution is -0.135. The molecule has 2 unspecified atom stereocenters. The molecule has 5 nitrogen and oxygen atoms in total. The molecule has 0 aromatic heterocycles. The average molecular weight is 282 g/mol. The van der Waals surface area contributed by atoms with Crippen molar-refractivity contribution in [1.29, 1.82) is 0 Å². The van der Waals surface area contributed by atoms with Gasteiger partial charge in [-0.3, -0.25) is 9.69 Å². The number of carbonyl (C=O) groups is 1. The number of likely N-dealkylation sites (N-methyl/N-ethyl adjacent to an activating group) is 1. The van der Waals surface area contributed by atoms with E-state index >= 15 is 0 Å². The van der Waals surface area contributed by atoms with E-state index in [4.69, 9.17) is 0 Å². The van der Waals surface area contributed by atoms with Crippen LogP contribution < -0.4 is 5.32 Å². The van der Waals surface area contributed by atoms with E-state index in [-0.39, 0.29) is 0 Å². The average Bonchev–Trinajstić information content (AvgIpc) is 2.47. The van der Waals surface area contributed by atoms with Crippen molar-refractivity contribution in [3.8, 4) is 0 Å². The summed E-state index contributed by atoms with van der Waals surface area (Å²) in [4.78, 5) is 19.2. The highest BCUT2D eigenvalue weighted by Gasteiger charge is 2.29. The Bertz CT molecular complexity index is 315. The van der Waals surface area contributed by atoms with Gasteiger partial charge in [-0.2, -0.15) is 0 Å². The van der Waals surface area contributed by atoms with Crippen LogP contribution in [-0.4, -0.2) is 85.6 Å². The summed E-state index contributed by atoms with van der Waals surface area (Å²) in [6.45, 7) is 10.8. The molecule has 2 saturated heterocycles. The zero-order chi connectivity index (χ0) is 14.5. The third-order valence-corrected chi connectivity index (χ3v) is 4.77. The Labute approximate surface area is 123 Å². The molecule has 0 radical (unpaired) electrons. The first-order valence-electron chi connectivity index (χ1n) is 8.07. The van der Waals surface area contributed by atoms with Crippen LogP contribution in [0.1, 0.15) is 26.7 Å². The van der Waals surface area contributed by atoms with Gasteiger partial charge in [0.1, 0.15) is 0 Å². The van der Waals surface area contributed by atoms with Gasteiger partial charge in [0.05, 0.1) is 6.54 Å². The number of hydrogen-bond acceptors (Lipinski definition) is 4. The van der Waals surface area contributed by atoms with Gasteiger partial charge in [-0.05, 0) is 19.9 Å². The summed E-state index contributed by atoms with van der Waals surface area (Å²) in [6.07, 6.45) is 2.25. The molecule has 2 atom stereocenters. The number of rotatable bonds is 4. The van der Waals surface area contributed by atoms with Crippen LogP contribution >= 0.6 is 0 Å². The second-order valence-corrected chi connectivity index (χ2v) is 6.19. The second-order valence-electron chi connectivity index (χ2n) is 6.19. The molecule has 2 aliphatic rings. The molecule has 5 heteroatoms. The normalized spacial score (nSPS) is 29.6. The molecule has 2 heterocycles. The molecule has 116 valence electrons. The molecule has 20 heavy (non-hydrogen) atoms. The lowest BCUT2D eigenvalue weighted by Gasteiger charge is -2.41. The summed E-state index contributed by atoms with van der Waals surface area (Å²) in [7, 11) is 2.12. The van der Waals surface area contributed by atoms with Crippen LogP contribution in [-0.2, 0) is 4.79 Å². The number of amides is 1. The first-order valence-corrected chi connectivity index (χ1v) is 8.07. The van der Waals surface area contributed by atoms with Crippen molar-refractivity contribution in [3.05, 3.63) is 0 Å². The predicted molar refractivity (Wildman–Crippen MR) is 81.8 cm³/mol. The van der Waals surface area contributed by atoms with E-state index in [9.17, 15) is 4.79 Å². The van der Waals surface area contributed by atoms with E-state index < -0.39 is 0 Å². The van der Waals surface area contributed by atoms with E-state index in [1.165, 1.54) is 0 Å². The van der Waals surface area contributed by atoms with Crippen molar-refractivity contribution < 1.29 is 4.79 Å². The van der Waals surface area contributed by atoms with E-state index in [0.717, 1.165) is 52.1 Å². The lowest BCUT2D eigenvalue weighted by Crippen LogP contribution is -2.59. The maximum atomic E-state index is 12.5. The maximum absolute atomic E-state index is 12.5. The van der Waals surface area contributed by atoms with Crippen molar-refractivity contribution in [3.63, 3.8) is 0 Å². The van der Waals surface area contributed by atoms with E-state index in [2.05, 4.69) is 36.0 Å². The predicted octanol–water partition coefficient (Wildman–Crippen LogP) is 0.223. The molecule has 2 rings (SSSR count). The summed E-state index contributed by atoms with van der Waals surface area (Å²) in [5.41, 5.74) is 0. The fraction of sp³-hybridized carbons (Fsp3) is 0.933. The quantitative estimate of drug-likeness (QED) is 0.801. The Hall–Kier alpha value is -0.650. The zero-order valence-corrected chi connectivity index (χ0v) is 13.3. The van der Waals surface area contributed by atoms with Crippen molar-refractivity contribution in [2.45, 2.75) is 38.8 Å². The topological polar surface area (TPSA) is 38.8 Å². The summed E-state index contributed by atoms with van der Waals surface area (Å²) < 4.78 is 0. The summed E-state index contributed by atoms with van der Waals surface area (Å²) >= 11 is 0. The number of hydrogen-bond donors (Lipinski definition) is 1. The molecule has 1 amide bonds. The summed E-state index contributed by atoms with van der Waals surface area (Å²) in [6, 6.07) is 1.05. The van der Waals surface area contributed by atoms with Crippen molar-refractivity contribution in [1.82, 2.24) is 20.0 Å². The van der Waals surface area contributed by atoms with Gasteiger partial charge >= 0.3 is 0 Å².